The van der Waals surface area contributed by atoms with Gasteiger partial charge >= 0.3 is 0 Å². The zero-order valence-corrected chi connectivity index (χ0v) is 21.7. The zero-order chi connectivity index (χ0) is 24.8. The summed E-state index contributed by atoms with van der Waals surface area (Å²) in [6.45, 7) is 4.13. The molecule has 7 nitrogen and oxygen atoms in total. The largest absolute Gasteiger partial charge is 0.497 e. The number of carbonyl (C=O) groups excluding carboxylic acids is 2. The fraction of sp³-hybridized carbons (Fsp3) is 0.333. The molecule has 0 unspecified atom stereocenters. The van der Waals surface area contributed by atoms with Gasteiger partial charge in [-0.2, -0.15) is 0 Å². The van der Waals surface area contributed by atoms with Gasteiger partial charge in [-0.05, 0) is 54.8 Å². The van der Waals surface area contributed by atoms with Crippen molar-refractivity contribution in [3.8, 4) is 5.75 Å². The average Bonchev–Trinajstić information content (AvgIpc) is 3.16. The van der Waals surface area contributed by atoms with Gasteiger partial charge in [-0.25, -0.2) is 0 Å². The van der Waals surface area contributed by atoms with Crippen LogP contribution in [0.15, 0.2) is 47.6 Å². The van der Waals surface area contributed by atoms with E-state index in [-0.39, 0.29) is 34.4 Å². The van der Waals surface area contributed by atoms with Crippen molar-refractivity contribution < 1.29 is 14.3 Å². The standard InChI is InChI=1S/C24H26Cl2N4O3S/c1-14(2)11-20(27-23(32)18-10-7-16(25)12-19(18)26)22-28-29-24(30(22)3)34-13-21(31)15-5-8-17(33-4)9-6-15/h5-10,12,14,20H,11,13H2,1-4H3,(H,27,32)/t20-/m1/s1. The topological polar surface area (TPSA) is 86.1 Å². The lowest BCUT2D eigenvalue weighted by Gasteiger charge is -2.20. The first-order chi connectivity index (χ1) is 16.2. The number of nitrogens with one attached hydrogen (secondary N) is 1. The van der Waals surface area contributed by atoms with Gasteiger partial charge in [0.15, 0.2) is 16.8 Å². The summed E-state index contributed by atoms with van der Waals surface area (Å²) in [6.07, 6.45) is 0.651. The maximum atomic E-state index is 12.9. The fourth-order valence-electron chi connectivity index (χ4n) is 3.36. The summed E-state index contributed by atoms with van der Waals surface area (Å²) in [5.74, 6) is 1.45. The second-order valence-corrected chi connectivity index (χ2v) is 9.91. The van der Waals surface area contributed by atoms with E-state index in [1.807, 2.05) is 11.6 Å². The number of nitrogens with zero attached hydrogens (tertiary/aromatic N) is 3. The molecule has 0 aliphatic rings. The molecule has 1 amide bonds. The molecule has 1 atom stereocenters. The molecule has 0 saturated heterocycles. The molecule has 0 aliphatic carbocycles. The Hall–Kier alpha value is -2.55. The number of thioether (sulfide) groups is 1. The van der Waals surface area contributed by atoms with Gasteiger partial charge in [0.2, 0.25) is 0 Å². The minimum atomic E-state index is -0.386. The molecule has 0 bridgehead atoms. The van der Waals surface area contributed by atoms with E-state index in [1.54, 1.807) is 43.5 Å². The van der Waals surface area contributed by atoms with Gasteiger partial charge in [0, 0.05) is 17.6 Å². The molecule has 2 aromatic carbocycles. The number of halogens is 2. The van der Waals surface area contributed by atoms with Crippen LogP contribution >= 0.6 is 35.0 Å². The molecule has 34 heavy (non-hydrogen) atoms. The number of ketones is 1. The van der Waals surface area contributed by atoms with Crippen molar-refractivity contribution in [2.75, 3.05) is 12.9 Å². The first-order valence-electron chi connectivity index (χ1n) is 10.6. The maximum absolute atomic E-state index is 12.9. The van der Waals surface area contributed by atoms with Gasteiger partial charge in [-0.15, -0.1) is 10.2 Å². The lowest BCUT2D eigenvalue weighted by molar-refractivity contribution is 0.0928. The molecule has 1 aromatic heterocycles. The van der Waals surface area contributed by atoms with Gasteiger partial charge in [-0.3, -0.25) is 9.59 Å². The number of ether oxygens (including phenoxy) is 1. The summed E-state index contributed by atoms with van der Waals surface area (Å²) in [4.78, 5) is 25.5. The van der Waals surface area contributed by atoms with E-state index in [1.165, 1.54) is 17.8 Å². The number of Topliss-reactive ketones (excluding diaryl/α,β-unsaturated/α-hetero) is 1. The van der Waals surface area contributed by atoms with Crippen LogP contribution in [0.3, 0.4) is 0 Å². The van der Waals surface area contributed by atoms with E-state index in [2.05, 4.69) is 29.4 Å². The van der Waals surface area contributed by atoms with Crippen LogP contribution in [0.1, 0.15) is 52.9 Å². The molecule has 0 fully saturated rings. The summed E-state index contributed by atoms with van der Waals surface area (Å²) < 4.78 is 6.94. The smallest absolute Gasteiger partial charge is 0.253 e. The molecule has 0 spiro atoms. The lowest BCUT2D eigenvalue weighted by Crippen LogP contribution is -2.31. The van der Waals surface area contributed by atoms with E-state index in [0.717, 1.165) is 0 Å². The fourth-order valence-corrected chi connectivity index (χ4v) is 4.66. The zero-order valence-electron chi connectivity index (χ0n) is 19.3. The van der Waals surface area contributed by atoms with Crippen LogP contribution in [0.4, 0.5) is 0 Å². The highest BCUT2D eigenvalue weighted by molar-refractivity contribution is 7.99. The Morgan fingerprint density at radius 1 is 1.12 bits per heavy atom. The number of carbonyl (C=O) groups is 2. The number of aromatic nitrogens is 3. The van der Waals surface area contributed by atoms with Crippen LogP contribution in [-0.2, 0) is 7.05 Å². The molecule has 3 rings (SSSR count). The molecule has 3 aromatic rings. The number of hydrogen-bond donors (Lipinski definition) is 1. The predicted molar refractivity (Wildman–Crippen MR) is 135 cm³/mol. The highest BCUT2D eigenvalue weighted by Crippen LogP contribution is 2.26. The van der Waals surface area contributed by atoms with Crippen LogP contribution in [0.2, 0.25) is 10.0 Å². The Balaban J connectivity index is 1.73. The van der Waals surface area contributed by atoms with Crippen molar-refractivity contribution in [2.24, 2.45) is 13.0 Å². The van der Waals surface area contributed by atoms with Gasteiger partial charge in [0.1, 0.15) is 5.75 Å². The monoisotopic (exact) mass is 520 g/mol. The minimum Gasteiger partial charge on any atom is -0.497 e. The molecule has 1 heterocycles. The van der Waals surface area contributed by atoms with Gasteiger partial charge in [0.25, 0.3) is 5.91 Å². The Labute approximate surface area is 213 Å². The molecule has 0 aliphatic heterocycles. The van der Waals surface area contributed by atoms with Crippen molar-refractivity contribution in [1.29, 1.82) is 0 Å². The minimum absolute atomic E-state index is 0.0263. The van der Waals surface area contributed by atoms with E-state index in [0.29, 0.717) is 39.3 Å². The van der Waals surface area contributed by atoms with Crippen LogP contribution in [-0.4, -0.2) is 39.3 Å². The number of methoxy groups -OCH3 is 1. The summed E-state index contributed by atoms with van der Waals surface area (Å²) in [5, 5.41) is 12.9. The van der Waals surface area contributed by atoms with Crippen molar-refractivity contribution >= 4 is 46.7 Å². The van der Waals surface area contributed by atoms with E-state index in [9.17, 15) is 9.59 Å². The summed E-state index contributed by atoms with van der Waals surface area (Å²) in [5.41, 5.74) is 0.933. The molecular formula is C24H26Cl2N4O3S. The van der Waals surface area contributed by atoms with Crippen molar-refractivity contribution in [1.82, 2.24) is 20.1 Å². The number of rotatable bonds is 10. The van der Waals surface area contributed by atoms with Crippen molar-refractivity contribution in [3.63, 3.8) is 0 Å². The van der Waals surface area contributed by atoms with Crippen LogP contribution in [0.25, 0.3) is 0 Å². The highest BCUT2D eigenvalue weighted by atomic mass is 35.5. The lowest BCUT2D eigenvalue weighted by atomic mass is 10.0. The van der Waals surface area contributed by atoms with E-state index >= 15 is 0 Å². The molecule has 180 valence electrons. The quantitative estimate of drug-likeness (QED) is 0.275. The van der Waals surface area contributed by atoms with Crippen molar-refractivity contribution in [2.45, 2.75) is 31.5 Å². The number of amides is 1. The summed E-state index contributed by atoms with van der Waals surface area (Å²) in [7, 11) is 3.40. The molecule has 10 heteroatoms. The van der Waals surface area contributed by atoms with Crippen molar-refractivity contribution in [3.05, 3.63) is 69.5 Å². The maximum Gasteiger partial charge on any atom is 0.253 e. The second-order valence-electron chi connectivity index (χ2n) is 8.12. The Morgan fingerprint density at radius 2 is 1.82 bits per heavy atom. The van der Waals surface area contributed by atoms with Crippen LogP contribution in [0, 0.1) is 5.92 Å². The van der Waals surface area contributed by atoms with E-state index in [4.69, 9.17) is 27.9 Å². The molecule has 1 N–H and O–H groups in total. The van der Waals surface area contributed by atoms with Gasteiger partial charge in [-0.1, -0.05) is 48.8 Å². The average molecular weight is 521 g/mol. The molecule has 0 saturated carbocycles. The number of hydrogen-bond acceptors (Lipinski definition) is 6. The third-order valence-electron chi connectivity index (χ3n) is 5.11. The highest BCUT2D eigenvalue weighted by Gasteiger charge is 2.24. The van der Waals surface area contributed by atoms with Crippen LogP contribution in [0.5, 0.6) is 5.75 Å². The third kappa shape index (κ3) is 6.52. The predicted octanol–water partition coefficient (Wildman–Crippen LogP) is 5.62. The Kier molecular flexibility index (Phi) is 8.99. The third-order valence-corrected chi connectivity index (χ3v) is 6.68. The normalized spacial score (nSPS) is 12.0. The van der Waals surface area contributed by atoms with E-state index < -0.39 is 0 Å². The Bertz CT molecular complexity index is 1170. The van der Waals surface area contributed by atoms with Gasteiger partial charge < -0.3 is 14.6 Å². The van der Waals surface area contributed by atoms with Crippen LogP contribution < -0.4 is 10.1 Å². The summed E-state index contributed by atoms with van der Waals surface area (Å²) >= 11 is 13.5. The Morgan fingerprint density at radius 3 is 2.44 bits per heavy atom. The SMILES string of the molecule is COc1ccc(C(=O)CSc2nnc([C@@H](CC(C)C)NC(=O)c3ccc(Cl)cc3Cl)n2C)cc1. The molecular weight excluding hydrogens is 495 g/mol. The summed E-state index contributed by atoms with van der Waals surface area (Å²) in [6, 6.07) is 11.3. The van der Waals surface area contributed by atoms with Gasteiger partial charge in [0.05, 0.1) is 29.5 Å². The molecule has 0 radical (unpaired) electrons. The second kappa shape index (κ2) is 11.7. The first-order valence-corrected chi connectivity index (χ1v) is 12.4. The first kappa shape index (κ1) is 26.1. The number of benzene rings is 2.